The van der Waals surface area contributed by atoms with Crippen molar-refractivity contribution in [1.29, 1.82) is 5.26 Å². The fraction of sp³-hybridized carbons (Fsp3) is 0.258. The van der Waals surface area contributed by atoms with E-state index in [1.54, 1.807) is 24.1 Å². The molecular formula is C31H26Cl3F2N7O2. The van der Waals surface area contributed by atoms with Crippen molar-refractivity contribution in [2.75, 3.05) is 36.8 Å². The first kappa shape index (κ1) is 32.2. The van der Waals surface area contributed by atoms with Crippen LogP contribution in [-0.2, 0) is 4.79 Å². The highest BCUT2D eigenvalue weighted by molar-refractivity contribution is 6.40. The van der Waals surface area contributed by atoms with E-state index in [2.05, 4.69) is 17.6 Å². The topological polar surface area (TPSA) is 121 Å². The number of fused-ring (bicyclic) bond motifs is 1. The minimum Gasteiger partial charge on any atom is -0.397 e. The molecule has 9 nitrogen and oxygen atoms in total. The largest absolute Gasteiger partial charge is 0.397 e. The van der Waals surface area contributed by atoms with Crippen LogP contribution in [0.15, 0.2) is 35.8 Å². The first-order valence-electron chi connectivity index (χ1n) is 13.8. The number of hydrogen-bond donors (Lipinski definition) is 1. The van der Waals surface area contributed by atoms with Gasteiger partial charge in [-0.1, -0.05) is 55.2 Å². The number of hydrogen-bond acceptors (Lipinski definition) is 7. The lowest BCUT2D eigenvalue weighted by Gasteiger charge is -2.36. The minimum absolute atomic E-state index is 0.0346. The Bertz CT molecular complexity index is 1990. The lowest BCUT2D eigenvalue weighted by Crippen LogP contribution is -2.49. The first-order chi connectivity index (χ1) is 21.3. The SMILES string of the molecule is C=CC(=O)N1CCN(c2c(C#N)c(=O)n(-c3c(C)ccnc3C(C)C)c3nc(-c4c(N)c(Cl)c(F)c(F)c4Cl)c(Cl)cc23)CC1. The van der Waals surface area contributed by atoms with E-state index in [1.165, 1.54) is 16.7 Å². The molecule has 0 atom stereocenters. The second-order valence-electron chi connectivity index (χ2n) is 10.7. The highest BCUT2D eigenvalue weighted by Crippen LogP contribution is 2.45. The van der Waals surface area contributed by atoms with Crippen LogP contribution in [0.4, 0.5) is 20.2 Å². The van der Waals surface area contributed by atoms with Crippen molar-refractivity contribution in [2.45, 2.75) is 26.7 Å². The fourth-order valence-electron chi connectivity index (χ4n) is 5.52. The van der Waals surface area contributed by atoms with Gasteiger partial charge in [0.2, 0.25) is 5.91 Å². The molecule has 3 aromatic heterocycles. The summed E-state index contributed by atoms with van der Waals surface area (Å²) in [5, 5.41) is 9.21. The second kappa shape index (κ2) is 12.3. The van der Waals surface area contributed by atoms with Crippen LogP contribution < -0.4 is 16.2 Å². The molecule has 1 aliphatic rings. The van der Waals surface area contributed by atoms with Gasteiger partial charge in [0.15, 0.2) is 11.6 Å². The van der Waals surface area contributed by atoms with Crippen molar-refractivity contribution in [3.05, 3.63) is 84.9 Å². The van der Waals surface area contributed by atoms with Gasteiger partial charge in [-0.05, 0) is 36.6 Å². The van der Waals surface area contributed by atoms with Gasteiger partial charge in [-0.25, -0.2) is 13.8 Å². The van der Waals surface area contributed by atoms with Crippen LogP contribution in [0.2, 0.25) is 15.1 Å². The molecule has 1 aromatic carbocycles. The van der Waals surface area contributed by atoms with E-state index in [9.17, 15) is 23.6 Å². The molecule has 1 aliphatic heterocycles. The average Bonchev–Trinajstić information content (AvgIpc) is 3.02. The molecule has 45 heavy (non-hydrogen) atoms. The number of rotatable bonds is 5. The maximum atomic E-state index is 14.8. The van der Waals surface area contributed by atoms with Gasteiger partial charge in [-0.15, -0.1) is 0 Å². The quantitative estimate of drug-likeness (QED) is 0.113. The Labute approximate surface area is 272 Å². The number of nitrogen functional groups attached to an aromatic ring is 1. The molecule has 1 fully saturated rings. The molecule has 4 aromatic rings. The summed E-state index contributed by atoms with van der Waals surface area (Å²) >= 11 is 19.0. The van der Waals surface area contributed by atoms with Crippen molar-refractivity contribution >= 4 is 63.1 Å². The van der Waals surface area contributed by atoms with Crippen LogP contribution >= 0.6 is 34.8 Å². The third kappa shape index (κ3) is 5.27. The first-order valence-corrected chi connectivity index (χ1v) is 14.9. The fourth-order valence-corrected chi connectivity index (χ4v) is 6.22. The predicted molar refractivity (Wildman–Crippen MR) is 172 cm³/mol. The lowest BCUT2D eigenvalue weighted by molar-refractivity contribution is -0.126. The van der Waals surface area contributed by atoms with Crippen LogP contribution in [-0.4, -0.2) is 51.5 Å². The van der Waals surface area contributed by atoms with E-state index in [0.29, 0.717) is 35.4 Å². The molecule has 0 saturated carbocycles. The van der Waals surface area contributed by atoms with Crippen molar-refractivity contribution in [3.63, 3.8) is 0 Å². The highest BCUT2D eigenvalue weighted by Gasteiger charge is 2.31. The number of nitrogens with zero attached hydrogens (tertiary/aromatic N) is 6. The Morgan fingerprint density at radius 1 is 1.13 bits per heavy atom. The van der Waals surface area contributed by atoms with Gasteiger partial charge >= 0.3 is 0 Å². The lowest BCUT2D eigenvalue weighted by atomic mass is 10.0. The second-order valence-corrected chi connectivity index (χ2v) is 11.9. The number of nitrogens with two attached hydrogens (primary N) is 1. The summed E-state index contributed by atoms with van der Waals surface area (Å²) in [6.45, 7) is 10.3. The summed E-state index contributed by atoms with van der Waals surface area (Å²) in [6.07, 6.45) is 2.84. The van der Waals surface area contributed by atoms with Gasteiger partial charge in [0.05, 0.1) is 38.5 Å². The minimum atomic E-state index is -1.45. The van der Waals surface area contributed by atoms with Gasteiger partial charge in [-0.3, -0.25) is 19.1 Å². The number of pyridine rings is 3. The number of halogens is 5. The molecule has 1 amide bonds. The molecule has 5 rings (SSSR count). The van der Waals surface area contributed by atoms with Crippen molar-refractivity contribution in [2.24, 2.45) is 0 Å². The summed E-state index contributed by atoms with van der Waals surface area (Å²) in [5.41, 5.74) is 6.33. The number of aryl methyl sites for hydroxylation is 1. The molecule has 4 heterocycles. The van der Waals surface area contributed by atoms with E-state index in [1.807, 2.05) is 18.7 Å². The van der Waals surface area contributed by atoms with Crippen LogP contribution in [0.5, 0.6) is 0 Å². The van der Waals surface area contributed by atoms with Gasteiger partial charge < -0.3 is 15.5 Å². The summed E-state index contributed by atoms with van der Waals surface area (Å²) in [6, 6.07) is 5.26. The molecule has 232 valence electrons. The van der Waals surface area contributed by atoms with Crippen LogP contribution in [0, 0.1) is 29.9 Å². The highest BCUT2D eigenvalue weighted by atomic mass is 35.5. The smallest absolute Gasteiger partial charge is 0.276 e. The van der Waals surface area contributed by atoms with Crippen LogP contribution in [0.25, 0.3) is 28.0 Å². The number of piperazine rings is 1. The van der Waals surface area contributed by atoms with E-state index < -0.39 is 32.9 Å². The van der Waals surface area contributed by atoms with Gasteiger partial charge in [0.25, 0.3) is 5.56 Å². The molecule has 0 spiro atoms. The Morgan fingerprint density at radius 2 is 1.78 bits per heavy atom. The van der Waals surface area contributed by atoms with Gasteiger partial charge in [0.1, 0.15) is 22.3 Å². The predicted octanol–water partition coefficient (Wildman–Crippen LogP) is 6.41. The van der Waals surface area contributed by atoms with Crippen molar-refractivity contribution in [3.8, 4) is 23.0 Å². The number of aromatic nitrogens is 3. The normalized spacial score (nSPS) is 13.4. The third-order valence-corrected chi connectivity index (χ3v) is 8.75. The summed E-state index contributed by atoms with van der Waals surface area (Å²) in [7, 11) is 0. The molecule has 14 heteroatoms. The Kier molecular flexibility index (Phi) is 8.77. The van der Waals surface area contributed by atoms with E-state index >= 15 is 0 Å². The molecule has 0 aliphatic carbocycles. The summed E-state index contributed by atoms with van der Waals surface area (Å²) < 4.78 is 30.5. The van der Waals surface area contributed by atoms with Gasteiger partial charge in [-0.2, -0.15) is 5.26 Å². The number of carbonyl (C=O) groups excluding carboxylic acids is 1. The molecule has 0 bridgehead atoms. The maximum absolute atomic E-state index is 14.8. The van der Waals surface area contributed by atoms with Gasteiger partial charge in [0, 0.05) is 43.3 Å². The molecule has 0 radical (unpaired) electrons. The molecular weight excluding hydrogens is 647 g/mol. The number of carbonyl (C=O) groups is 1. The zero-order chi connectivity index (χ0) is 32.9. The third-order valence-electron chi connectivity index (χ3n) is 7.74. The Hall–Kier alpha value is -4.24. The van der Waals surface area contributed by atoms with Crippen molar-refractivity contribution in [1.82, 2.24) is 19.4 Å². The van der Waals surface area contributed by atoms with Crippen molar-refractivity contribution < 1.29 is 13.6 Å². The van der Waals surface area contributed by atoms with E-state index in [-0.39, 0.29) is 58.1 Å². The number of amides is 1. The standard InChI is InChI=1S/C31H26Cl3F2N7O2/c1-5-19(44)41-8-10-42(11-9-41)29-16-12-18(32)27(20-21(33)23(35)24(36)22(34)25(20)38)40-30(16)43(31(45)17(29)13-37)28-15(4)6-7-39-26(28)14(2)3/h5-7,12,14H,1,8-11,38H2,2-4H3. The van der Waals surface area contributed by atoms with Crippen LogP contribution in [0.3, 0.4) is 0 Å². The number of nitriles is 1. The maximum Gasteiger partial charge on any atom is 0.276 e. The van der Waals surface area contributed by atoms with E-state index in [0.717, 1.165) is 0 Å². The van der Waals surface area contributed by atoms with Crippen LogP contribution in [0.1, 0.15) is 36.6 Å². The Balaban J connectivity index is 1.93. The monoisotopic (exact) mass is 671 g/mol. The zero-order valence-corrected chi connectivity index (χ0v) is 26.7. The molecule has 0 unspecified atom stereocenters. The number of benzene rings is 1. The number of anilines is 2. The Morgan fingerprint density at radius 3 is 2.38 bits per heavy atom. The van der Waals surface area contributed by atoms with E-state index in [4.69, 9.17) is 45.5 Å². The zero-order valence-electron chi connectivity index (χ0n) is 24.4. The average molecular weight is 673 g/mol. The summed E-state index contributed by atoms with van der Waals surface area (Å²) in [4.78, 5) is 39.3. The summed E-state index contributed by atoms with van der Waals surface area (Å²) in [5.74, 6) is -3.26. The molecule has 1 saturated heterocycles. The molecule has 2 N–H and O–H groups in total.